The van der Waals surface area contributed by atoms with Gasteiger partial charge in [0.1, 0.15) is 5.01 Å². The third-order valence-electron chi connectivity index (χ3n) is 2.41. The van der Waals surface area contributed by atoms with E-state index in [1.165, 1.54) is 0 Å². The maximum absolute atomic E-state index is 6.13. The number of thiazole rings is 1. The van der Waals surface area contributed by atoms with Crippen LogP contribution < -0.4 is 5.32 Å². The van der Waals surface area contributed by atoms with E-state index in [-0.39, 0.29) is 6.04 Å². The van der Waals surface area contributed by atoms with Gasteiger partial charge in [-0.05, 0) is 18.6 Å². The van der Waals surface area contributed by atoms with Crippen LogP contribution in [0.2, 0.25) is 5.02 Å². The van der Waals surface area contributed by atoms with E-state index in [1.807, 2.05) is 35.8 Å². The van der Waals surface area contributed by atoms with Crippen LogP contribution in [0.5, 0.6) is 0 Å². The molecular weight excluding hydrogens is 240 g/mol. The second-order valence-electron chi connectivity index (χ2n) is 3.55. The van der Waals surface area contributed by atoms with Gasteiger partial charge in [-0.25, -0.2) is 4.98 Å². The largest absolute Gasteiger partial charge is 0.304 e. The Kier molecular flexibility index (Phi) is 3.93. The summed E-state index contributed by atoms with van der Waals surface area (Å²) in [4.78, 5) is 4.23. The van der Waals surface area contributed by atoms with Gasteiger partial charge in [-0.15, -0.1) is 11.3 Å². The Morgan fingerprint density at radius 2 is 2.25 bits per heavy atom. The zero-order valence-electron chi connectivity index (χ0n) is 8.98. The van der Waals surface area contributed by atoms with E-state index in [0.29, 0.717) is 0 Å². The SMILES string of the molecule is C[C@H](NCc1nccs1)c1ccccc1Cl. The molecule has 0 aliphatic carbocycles. The summed E-state index contributed by atoms with van der Waals surface area (Å²) in [6, 6.07) is 8.14. The number of hydrogen-bond donors (Lipinski definition) is 1. The Balaban J connectivity index is 1.98. The van der Waals surface area contributed by atoms with Gasteiger partial charge in [-0.2, -0.15) is 0 Å². The van der Waals surface area contributed by atoms with Crippen molar-refractivity contribution in [3.63, 3.8) is 0 Å². The van der Waals surface area contributed by atoms with E-state index >= 15 is 0 Å². The zero-order chi connectivity index (χ0) is 11.4. The van der Waals surface area contributed by atoms with E-state index in [9.17, 15) is 0 Å². The van der Waals surface area contributed by atoms with Gasteiger partial charge < -0.3 is 5.32 Å². The van der Waals surface area contributed by atoms with Crippen molar-refractivity contribution in [2.45, 2.75) is 19.5 Å². The highest BCUT2D eigenvalue weighted by Crippen LogP contribution is 2.22. The molecule has 0 saturated heterocycles. The van der Waals surface area contributed by atoms with Crippen molar-refractivity contribution in [1.82, 2.24) is 10.3 Å². The lowest BCUT2D eigenvalue weighted by atomic mass is 10.1. The van der Waals surface area contributed by atoms with Crippen LogP contribution in [-0.4, -0.2) is 4.98 Å². The summed E-state index contributed by atoms with van der Waals surface area (Å²) in [6.45, 7) is 2.89. The molecule has 0 bridgehead atoms. The smallest absolute Gasteiger partial charge is 0.106 e. The molecule has 0 unspecified atom stereocenters. The van der Waals surface area contributed by atoms with Gasteiger partial charge >= 0.3 is 0 Å². The molecule has 0 amide bonds. The maximum Gasteiger partial charge on any atom is 0.106 e. The van der Waals surface area contributed by atoms with Gasteiger partial charge in [-0.1, -0.05) is 29.8 Å². The molecular formula is C12H13ClN2S. The highest BCUT2D eigenvalue weighted by atomic mass is 35.5. The average Bonchev–Trinajstić information content (AvgIpc) is 2.79. The normalized spacial score (nSPS) is 12.6. The Labute approximate surface area is 104 Å². The fourth-order valence-electron chi connectivity index (χ4n) is 1.52. The zero-order valence-corrected chi connectivity index (χ0v) is 10.6. The lowest BCUT2D eigenvalue weighted by molar-refractivity contribution is 0.573. The third kappa shape index (κ3) is 2.82. The van der Waals surface area contributed by atoms with Crippen molar-refractivity contribution < 1.29 is 0 Å². The Hall–Kier alpha value is -0.900. The lowest BCUT2D eigenvalue weighted by Crippen LogP contribution is -2.18. The highest BCUT2D eigenvalue weighted by molar-refractivity contribution is 7.09. The average molecular weight is 253 g/mol. The Morgan fingerprint density at radius 1 is 1.44 bits per heavy atom. The quantitative estimate of drug-likeness (QED) is 0.899. The molecule has 0 radical (unpaired) electrons. The minimum atomic E-state index is 0.234. The minimum absolute atomic E-state index is 0.234. The van der Waals surface area contributed by atoms with Crippen molar-refractivity contribution in [2.75, 3.05) is 0 Å². The summed E-state index contributed by atoms with van der Waals surface area (Å²) in [5.41, 5.74) is 1.13. The number of benzene rings is 1. The summed E-state index contributed by atoms with van der Waals surface area (Å²) in [5, 5.41) is 7.29. The van der Waals surface area contributed by atoms with Crippen molar-refractivity contribution >= 4 is 22.9 Å². The monoisotopic (exact) mass is 252 g/mol. The van der Waals surface area contributed by atoms with Crippen LogP contribution in [0.3, 0.4) is 0 Å². The van der Waals surface area contributed by atoms with Gasteiger partial charge in [0.15, 0.2) is 0 Å². The number of rotatable bonds is 4. The second-order valence-corrected chi connectivity index (χ2v) is 4.94. The molecule has 0 aliphatic heterocycles. The molecule has 0 fully saturated rings. The molecule has 0 spiro atoms. The molecule has 1 aromatic carbocycles. The van der Waals surface area contributed by atoms with Gasteiger partial charge in [0, 0.05) is 29.2 Å². The highest BCUT2D eigenvalue weighted by Gasteiger charge is 2.08. The number of nitrogens with one attached hydrogen (secondary N) is 1. The minimum Gasteiger partial charge on any atom is -0.304 e. The van der Waals surface area contributed by atoms with E-state index in [4.69, 9.17) is 11.6 Å². The standard InChI is InChI=1S/C12H13ClN2S/c1-9(10-4-2-3-5-11(10)13)15-8-12-14-6-7-16-12/h2-7,9,15H,8H2,1H3/t9-/m0/s1. The van der Waals surface area contributed by atoms with Crippen LogP contribution in [0, 0.1) is 0 Å². The number of aromatic nitrogens is 1. The fraction of sp³-hybridized carbons (Fsp3) is 0.250. The summed E-state index contributed by atoms with van der Waals surface area (Å²) in [6.07, 6.45) is 1.82. The molecule has 1 heterocycles. The Bertz CT molecular complexity index is 442. The summed E-state index contributed by atoms with van der Waals surface area (Å²) >= 11 is 7.78. The molecule has 2 rings (SSSR count). The van der Waals surface area contributed by atoms with Gasteiger partial charge in [0.05, 0.1) is 0 Å². The van der Waals surface area contributed by atoms with Gasteiger partial charge in [-0.3, -0.25) is 0 Å². The van der Waals surface area contributed by atoms with Crippen molar-refractivity contribution in [3.8, 4) is 0 Å². The number of halogens is 1. The molecule has 4 heteroatoms. The molecule has 1 N–H and O–H groups in total. The maximum atomic E-state index is 6.13. The van der Waals surface area contributed by atoms with Crippen molar-refractivity contribution in [3.05, 3.63) is 51.4 Å². The van der Waals surface area contributed by atoms with Gasteiger partial charge in [0.2, 0.25) is 0 Å². The topological polar surface area (TPSA) is 24.9 Å². The molecule has 1 aromatic heterocycles. The molecule has 16 heavy (non-hydrogen) atoms. The second kappa shape index (κ2) is 5.43. The lowest BCUT2D eigenvalue weighted by Gasteiger charge is -2.14. The first-order chi connectivity index (χ1) is 7.77. The van der Waals surface area contributed by atoms with E-state index < -0.39 is 0 Å². The predicted molar refractivity (Wildman–Crippen MR) is 68.8 cm³/mol. The molecule has 0 aliphatic rings. The number of nitrogens with zero attached hydrogens (tertiary/aromatic N) is 1. The van der Waals surface area contributed by atoms with Crippen LogP contribution in [0.1, 0.15) is 23.5 Å². The van der Waals surface area contributed by atoms with E-state index in [1.54, 1.807) is 11.3 Å². The Morgan fingerprint density at radius 3 is 2.94 bits per heavy atom. The first kappa shape index (κ1) is 11.6. The van der Waals surface area contributed by atoms with E-state index in [0.717, 1.165) is 22.1 Å². The summed E-state index contributed by atoms with van der Waals surface area (Å²) in [5.74, 6) is 0. The molecule has 0 saturated carbocycles. The van der Waals surface area contributed by atoms with Crippen LogP contribution in [0.15, 0.2) is 35.8 Å². The first-order valence-electron chi connectivity index (χ1n) is 5.13. The molecule has 84 valence electrons. The number of hydrogen-bond acceptors (Lipinski definition) is 3. The van der Waals surface area contributed by atoms with Crippen LogP contribution >= 0.6 is 22.9 Å². The van der Waals surface area contributed by atoms with Gasteiger partial charge in [0.25, 0.3) is 0 Å². The van der Waals surface area contributed by atoms with Crippen LogP contribution in [-0.2, 0) is 6.54 Å². The van der Waals surface area contributed by atoms with E-state index in [2.05, 4.69) is 17.2 Å². The first-order valence-corrected chi connectivity index (χ1v) is 6.39. The summed E-state index contributed by atoms with van der Waals surface area (Å²) in [7, 11) is 0. The van der Waals surface area contributed by atoms with Crippen molar-refractivity contribution in [1.29, 1.82) is 0 Å². The molecule has 2 nitrogen and oxygen atoms in total. The van der Waals surface area contributed by atoms with Crippen molar-refractivity contribution in [2.24, 2.45) is 0 Å². The molecule has 1 atom stereocenters. The van der Waals surface area contributed by atoms with Crippen LogP contribution in [0.4, 0.5) is 0 Å². The van der Waals surface area contributed by atoms with Crippen LogP contribution in [0.25, 0.3) is 0 Å². The predicted octanol–water partition coefficient (Wildman–Crippen LogP) is 3.65. The third-order valence-corrected chi connectivity index (χ3v) is 3.54. The summed E-state index contributed by atoms with van der Waals surface area (Å²) < 4.78 is 0. The molecule has 2 aromatic rings. The fourth-order valence-corrected chi connectivity index (χ4v) is 2.38.